The maximum atomic E-state index is 11.7. The number of halogens is 1. The maximum absolute atomic E-state index is 11.7. The molecule has 8 nitrogen and oxygen atoms in total. The topological polar surface area (TPSA) is 103 Å². The zero-order valence-electron chi connectivity index (χ0n) is 15.6. The molecule has 0 radical (unpaired) electrons. The van der Waals surface area contributed by atoms with Gasteiger partial charge in [-0.25, -0.2) is 9.59 Å². The molecule has 0 saturated heterocycles. The fourth-order valence-electron chi connectivity index (χ4n) is 1.90. The van der Waals surface area contributed by atoms with Crippen LogP contribution in [0.5, 0.6) is 11.5 Å². The lowest BCUT2D eigenvalue weighted by Crippen LogP contribution is -2.41. The predicted octanol–water partition coefficient (Wildman–Crippen LogP) is 2.54. The van der Waals surface area contributed by atoms with Gasteiger partial charge in [-0.05, 0) is 44.5 Å². The Morgan fingerprint density at radius 2 is 1.96 bits per heavy atom. The van der Waals surface area contributed by atoms with Gasteiger partial charge < -0.3 is 19.5 Å². The Balaban J connectivity index is 2.68. The number of rotatable bonds is 8. The summed E-state index contributed by atoms with van der Waals surface area (Å²) in [6.07, 6.45) is 2.50. The molecule has 0 aliphatic carbocycles. The number of amides is 3. The molecule has 1 rings (SSSR count). The van der Waals surface area contributed by atoms with Gasteiger partial charge in [-0.15, -0.1) is 0 Å². The highest BCUT2D eigenvalue weighted by atomic mass is 35.5. The van der Waals surface area contributed by atoms with Crippen molar-refractivity contribution in [3.63, 3.8) is 0 Å². The molecule has 2 N–H and O–H groups in total. The number of carbonyl (C=O) groups excluding carboxylic acids is 3. The van der Waals surface area contributed by atoms with E-state index in [-0.39, 0.29) is 6.10 Å². The molecule has 0 aliphatic heterocycles. The molecule has 0 fully saturated rings. The largest absolute Gasteiger partial charge is 0.493 e. The van der Waals surface area contributed by atoms with E-state index in [0.717, 1.165) is 6.08 Å². The molecular weight excluding hydrogens is 376 g/mol. The first-order chi connectivity index (χ1) is 12.8. The number of urea groups is 1. The molecule has 0 aliphatic rings. The van der Waals surface area contributed by atoms with Crippen LogP contribution in [0.4, 0.5) is 4.79 Å². The average Bonchev–Trinajstić information content (AvgIpc) is 2.59. The molecule has 3 amide bonds. The van der Waals surface area contributed by atoms with Crippen LogP contribution in [0.25, 0.3) is 6.08 Å². The van der Waals surface area contributed by atoms with Gasteiger partial charge in [0.2, 0.25) is 0 Å². The normalized spacial score (nSPS) is 10.6. The molecule has 0 spiro atoms. The first kappa shape index (κ1) is 22.3. The van der Waals surface area contributed by atoms with Crippen molar-refractivity contribution in [2.45, 2.75) is 26.9 Å². The van der Waals surface area contributed by atoms with Gasteiger partial charge in [-0.2, -0.15) is 0 Å². The van der Waals surface area contributed by atoms with Crippen molar-refractivity contribution in [3.05, 3.63) is 28.8 Å². The zero-order chi connectivity index (χ0) is 20.4. The van der Waals surface area contributed by atoms with E-state index >= 15 is 0 Å². The van der Waals surface area contributed by atoms with E-state index in [4.69, 9.17) is 25.8 Å². The Morgan fingerprint density at radius 1 is 1.26 bits per heavy atom. The standard InChI is InChI=1S/C18H23ClN2O6/c1-5-20-18(24)21-15(22)10-26-16(23)7-6-12-8-13(19)17(27-11(2)3)14(9-12)25-4/h6-9,11H,5,10H2,1-4H3,(H2,20,21,22,24)/b7-6+. The molecule has 9 heteroatoms. The minimum atomic E-state index is -0.751. The highest BCUT2D eigenvalue weighted by Crippen LogP contribution is 2.37. The highest BCUT2D eigenvalue weighted by Gasteiger charge is 2.13. The van der Waals surface area contributed by atoms with E-state index in [1.165, 1.54) is 13.2 Å². The average molecular weight is 399 g/mol. The summed E-state index contributed by atoms with van der Waals surface area (Å²) in [5.74, 6) is -0.650. The molecule has 0 aromatic heterocycles. The van der Waals surface area contributed by atoms with Crippen molar-refractivity contribution in [1.82, 2.24) is 10.6 Å². The molecule has 1 aromatic carbocycles. The highest BCUT2D eigenvalue weighted by molar-refractivity contribution is 6.32. The Labute approximate surface area is 162 Å². The van der Waals surface area contributed by atoms with Gasteiger partial charge >= 0.3 is 12.0 Å². The molecule has 148 valence electrons. The van der Waals surface area contributed by atoms with Gasteiger partial charge in [0.1, 0.15) is 0 Å². The van der Waals surface area contributed by atoms with Gasteiger partial charge in [0.15, 0.2) is 18.1 Å². The first-order valence-electron chi connectivity index (χ1n) is 8.23. The summed E-state index contributed by atoms with van der Waals surface area (Å²) in [4.78, 5) is 34.3. The van der Waals surface area contributed by atoms with E-state index in [1.54, 1.807) is 19.1 Å². The van der Waals surface area contributed by atoms with Crippen molar-refractivity contribution >= 4 is 35.6 Å². The second-order valence-corrected chi connectivity index (χ2v) is 5.96. The summed E-state index contributed by atoms with van der Waals surface area (Å²) >= 11 is 6.20. The molecule has 1 aromatic rings. The number of imide groups is 1. The third-order valence-electron chi connectivity index (χ3n) is 2.95. The first-order valence-corrected chi connectivity index (χ1v) is 8.61. The van der Waals surface area contributed by atoms with Gasteiger partial charge in [0, 0.05) is 12.6 Å². The summed E-state index contributed by atoms with van der Waals surface area (Å²) in [5, 5.41) is 4.73. The van der Waals surface area contributed by atoms with Gasteiger partial charge in [0.25, 0.3) is 5.91 Å². The number of methoxy groups -OCH3 is 1. The van der Waals surface area contributed by atoms with Crippen LogP contribution in [0.3, 0.4) is 0 Å². The van der Waals surface area contributed by atoms with E-state index in [2.05, 4.69) is 5.32 Å². The summed E-state index contributed by atoms with van der Waals surface area (Å²) < 4.78 is 15.6. The van der Waals surface area contributed by atoms with Crippen LogP contribution in [-0.2, 0) is 14.3 Å². The molecule has 0 unspecified atom stereocenters. The Morgan fingerprint density at radius 3 is 2.56 bits per heavy atom. The predicted molar refractivity (Wildman–Crippen MR) is 101 cm³/mol. The number of nitrogens with one attached hydrogen (secondary N) is 2. The minimum Gasteiger partial charge on any atom is -0.493 e. The lowest BCUT2D eigenvalue weighted by atomic mass is 10.2. The zero-order valence-corrected chi connectivity index (χ0v) is 16.4. The van der Waals surface area contributed by atoms with Crippen LogP contribution in [0, 0.1) is 0 Å². The summed E-state index contributed by atoms with van der Waals surface area (Å²) in [6.45, 7) is 5.22. The summed E-state index contributed by atoms with van der Waals surface area (Å²) in [6, 6.07) is 2.60. The van der Waals surface area contributed by atoms with Crippen molar-refractivity contribution in [1.29, 1.82) is 0 Å². The SMILES string of the molecule is CCNC(=O)NC(=O)COC(=O)/C=C/c1cc(Cl)c(OC(C)C)c(OC)c1. The molecule has 0 atom stereocenters. The molecule has 27 heavy (non-hydrogen) atoms. The third kappa shape index (κ3) is 8.00. The number of hydrogen-bond acceptors (Lipinski definition) is 6. The van der Waals surface area contributed by atoms with Crippen molar-refractivity contribution < 1.29 is 28.6 Å². The van der Waals surface area contributed by atoms with Crippen LogP contribution in [-0.4, -0.2) is 44.3 Å². The fourth-order valence-corrected chi connectivity index (χ4v) is 2.17. The Hall–Kier alpha value is -2.74. The lowest BCUT2D eigenvalue weighted by Gasteiger charge is -2.15. The van der Waals surface area contributed by atoms with Gasteiger partial charge in [-0.1, -0.05) is 11.6 Å². The number of carbonyl (C=O) groups is 3. The quantitative estimate of drug-likeness (QED) is 0.515. The van der Waals surface area contributed by atoms with Crippen LogP contribution in [0.1, 0.15) is 26.3 Å². The molecule has 0 bridgehead atoms. The van der Waals surface area contributed by atoms with Crippen LogP contribution < -0.4 is 20.1 Å². The number of ether oxygens (including phenoxy) is 3. The van der Waals surface area contributed by atoms with Gasteiger partial charge in [-0.3, -0.25) is 10.1 Å². The Kier molecular flexibility index (Phi) is 9.15. The molecule has 0 heterocycles. The fraction of sp³-hybridized carbons (Fsp3) is 0.389. The van der Waals surface area contributed by atoms with E-state index in [1.807, 2.05) is 19.2 Å². The number of esters is 1. The van der Waals surface area contributed by atoms with Crippen molar-refractivity contribution in [2.75, 3.05) is 20.3 Å². The molecule has 0 saturated carbocycles. The summed E-state index contributed by atoms with van der Waals surface area (Å²) in [5.41, 5.74) is 0.580. The molecular formula is C18H23ClN2O6. The summed E-state index contributed by atoms with van der Waals surface area (Å²) in [7, 11) is 1.48. The minimum absolute atomic E-state index is 0.0849. The van der Waals surface area contributed by atoms with Gasteiger partial charge in [0.05, 0.1) is 18.2 Å². The smallest absolute Gasteiger partial charge is 0.331 e. The van der Waals surface area contributed by atoms with E-state index < -0.39 is 24.5 Å². The lowest BCUT2D eigenvalue weighted by molar-refractivity contribution is -0.143. The maximum Gasteiger partial charge on any atom is 0.331 e. The second-order valence-electron chi connectivity index (χ2n) is 5.55. The Bertz CT molecular complexity index is 718. The van der Waals surface area contributed by atoms with E-state index in [0.29, 0.717) is 28.6 Å². The van der Waals surface area contributed by atoms with Crippen LogP contribution in [0.15, 0.2) is 18.2 Å². The van der Waals surface area contributed by atoms with Crippen molar-refractivity contribution in [3.8, 4) is 11.5 Å². The second kappa shape index (κ2) is 11.1. The van der Waals surface area contributed by atoms with Crippen molar-refractivity contribution in [2.24, 2.45) is 0 Å². The van der Waals surface area contributed by atoms with E-state index in [9.17, 15) is 14.4 Å². The number of benzene rings is 1. The monoisotopic (exact) mass is 398 g/mol. The third-order valence-corrected chi connectivity index (χ3v) is 3.23. The number of hydrogen-bond donors (Lipinski definition) is 2. The van der Waals surface area contributed by atoms with Crippen LogP contribution in [0.2, 0.25) is 5.02 Å². The van der Waals surface area contributed by atoms with Crippen LogP contribution >= 0.6 is 11.6 Å².